The van der Waals surface area contributed by atoms with E-state index in [1.807, 2.05) is 12.1 Å². The van der Waals surface area contributed by atoms with Crippen LogP contribution in [0.5, 0.6) is 0 Å². The van der Waals surface area contributed by atoms with Crippen molar-refractivity contribution in [3.8, 4) is 0 Å². The van der Waals surface area contributed by atoms with Crippen LogP contribution in [0.1, 0.15) is 78.2 Å². The van der Waals surface area contributed by atoms with Gasteiger partial charge in [0.1, 0.15) is 0 Å². The van der Waals surface area contributed by atoms with Gasteiger partial charge in [0, 0.05) is 17.6 Å². The minimum Gasteiger partial charge on any atom is -0.326 e. The number of nitrogens with one attached hydrogen (secondary N) is 2. The summed E-state index contributed by atoms with van der Waals surface area (Å²) in [7, 11) is -3.35. The minimum atomic E-state index is -3.35. The number of hydrogen-bond acceptors (Lipinski definition) is 3. The lowest BCUT2D eigenvalue weighted by molar-refractivity contribution is -0.120. The SMILES string of the molecule is CCC(C)c1ccc(NC(=O)[C@H]2CC[C@H](NS(=O)(=O)C(C)(C)C)CC2)cc1. The second-order valence-corrected chi connectivity index (χ2v) is 11.2. The molecule has 1 fully saturated rings. The smallest absolute Gasteiger partial charge is 0.227 e. The zero-order valence-electron chi connectivity index (χ0n) is 17.2. The number of hydrogen-bond donors (Lipinski definition) is 2. The van der Waals surface area contributed by atoms with Crippen LogP contribution in [-0.2, 0) is 14.8 Å². The second-order valence-electron chi connectivity index (χ2n) is 8.70. The van der Waals surface area contributed by atoms with Crippen molar-refractivity contribution in [3.63, 3.8) is 0 Å². The van der Waals surface area contributed by atoms with Crippen molar-refractivity contribution in [3.05, 3.63) is 29.8 Å². The van der Waals surface area contributed by atoms with Gasteiger partial charge >= 0.3 is 0 Å². The maximum atomic E-state index is 12.5. The quantitative estimate of drug-likeness (QED) is 0.750. The molecule has 1 aromatic carbocycles. The number of anilines is 1. The highest BCUT2D eigenvalue weighted by molar-refractivity contribution is 7.90. The van der Waals surface area contributed by atoms with Crippen LogP contribution in [0.4, 0.5) is 5.69 Å². The summed E-state index contributed by atoms with van der Waals surface area (Å²) >= 11 is 0. The van der Waals surface area contributed by atoms with Crippen LogP contribution >= 0.6 is 0 Å². The van der Waals surface area contributed by atoms with Crippen LogP contribution < -0.4 is 10.0 Å². The summed E-state index contributed by atoms with van der Waals surface area (Å²) in [5.41, 5.74) is 2.10. The lowest BCUT2D eigenvalue weighted by Gasteiger charge is -2.30. The maximum Gasteiger partial charge on any atom is 0.227 e. The molecule has 1 unspecified atom stereocenters. The van der Waals surface area contributed by atoms with Gasteiger partial charge in [-0.05, 0) is 76.5 Å². The molecule has 0 aliphatic heterocycles. The van der Waals surface area contributed by atoms with Crippen LogP contribution in [-0.4, -0.2) is 25.1 Å². The molecule has 0 heterocycles. The Morgan fingerprint density at radius 3 is 2.15 bits per heavy atom. The summed E-state index contributed by atoms with van der Waals surface area (Å²) in [6.45, 7) is 9.45. The zero-order valence-corrected chi connectivity index (χ0v) is 18.0. The molecule has 0 radical (unpaired) electrons. The number of sulfonamides is 1. The highest BCUT2D eigenvalue weighted by atomic mass is 32.2. The third-order valence-corrected chi connectivity index (χ3v) is 7.84. The van der Waals surface area contributed by atoms with Crippen molar-refractivity contribution in [1.82, 2.24) is 4.72 Å². The lowest BCUT2D eigenvalue weighted by Crippen LogP contribution is -2.46. The fraction of sp³-hybridized carbons (Fsp3) is 0.667. The molecule has 5 nitrogen and oxygen atoms in total. The Bertz CT molecular complexity index is 728. The third kappa shape index (κ3) is 5.79. The van der Waals surface area contributed by atoms with Gasteiger partial charge in [0.05, 0.1) is 4.75 Å². The molecule has 27 heavy (non-hydrogen) atoms. The molecule has 1 amide bonds. The highest BCUT2D eigenvalue weighted by Crippen LogP contribution is 2.28. The predicted octanol–water partition coefficient (Wildman–Crippen LogP) is 4.42. The summed E-state index contributed by atoms with van der Waals surface area (Å²) < 4.78 is 26.6. The molecule has 0 spiro atoms. The van der Waals surface area contributed by atoms with Gasteiger partial charge < -0.3 is 5.32 Å². The minimum absolute atomic E-state index is 0.0309. The summed E-state index contributed by atoms with van der Waals surface area (Å²) in [6, 6.07) is 7.99. The van der Waals surface area contributed by atoms with Gasteiger partial charge in [-0.2, -0.15) is 0 Å². The van der Waals surface area contributed by atoms with Crippen molar-refractivity contribution >= 4 is 21.6 Å². The van der Waals surface area contributed by atoms with E-state index in [0.717, 1.165) is 12.1 Å². The highest BCUT2D eigenvalue weighted by Gasteiger charge is 2.34. The van der Waals surface area contributed by atoms with Crippen molar-refractivity contribution in [2.24, 2.45) is 5.92 Å². The van der Waals surface area contributed by atoms with Crippen molar-refractivity contribution < 1.29 is 13.2 Å². The largest absolute Gasteiger partial charge is 0.326 e. The number of benzene rings is 1. The van der Waals surface area contributed by atoms with E-state index in [2.05, 4.69) is 36.0 Å². The average molecular weight is 395 g/mol. The fourth-order valence-corrected chi connectivity index (χ4v) is 4.27. The lowest BCUT2D eigenvalue weighted by atomic mass is 9.86. The van der Waals surface area contributed by atoms with Crippen LogP contribution in [0.2, 0.25) is 0 Å². The molecular formula is C21H34N2O3S. The molecule has 1 aromatic rings. The molecular weight excluding hydrogens is 360 g/mol. The van der Waals surface area contributed by atoms with Gasteiger partial charge in [-0.3, -0.25) is 4.79 Å². The van der Waals surface area contributed by atoms with Gasteiger partial charge in [0.25, 0.3) is 0 Å². The van der Waals surface area contributed by atoms with E-state index < -0.39 is 14.8 Å². The maximum absolute atomic E-state index is 12.5. The fourth-order valence-electron chi connectivity index (χ4n) is 3.24. The molecule has 0 saturated heterocycles. The first-order valence-corrected chi connectivity index (χ1v) is 11.4. The number of carbonyl (C=O) groups is 1. The van der Waals surface area contributed by atoms with Gasteiger partial charge in [0.2, 0.25) is 15.9 Å². The van der Waals surface area contributed by atoms with Gasteiger partial charge in [-0.25, -0.2) is 13.1 Å². The van der Waals surface area contributed by atoms with Crippen LogP contribution in [0.3, 0.4) is 0 Å². The molecule has 1 atom stereocenters. The Morgan fingerprint density at radius 1 is 1.11 bits per heavy atom. The topological polar surface area (TPSA) is 75.3 Å². The summed E-state index contributed by atoms with van der Waals surface area (Å²) in [5, 5.41) is 3.01. The van der Waals surface area contributed by atoms with Crippen LogP contribution in [0, 0.1) is 5.92 Å². The Kier molecular flexibility index (Phi) is 7.09. The van der Waals surface area contributed by atoms with E-state index in [-0.39, 0.29) is 17.9 Å². The van der Waals surface area contributed by atoms with Crippen LogP contribution in [0.25, 0.3) is 0 Å². The van der Waals surface area contributed by atoms with Crippen molar-refractivity contribution in [1.29, 1.82) is 0 Å². The standard InChI is InChI=1S/C21H34N2O3S/c1-6-15(2)16-7-11-18(12-8-16)22-20(24)17-9-13-19(14-10-17)23-27(25,26)21(3,4)5/h7-8,11-12,15,17,19,23H,6,9-10,13-14H2,1-5H3,(H,22,24)/t15?,17-,19-. The van der Waals surface area contributed by atoms with Crippen molar-refractivity contribution in [2.75, 3.05) is 5.32 Å². The molecule has 2 N–H and O–H groups in total. The first kappa shape index (κ1) is 21.9. The van der Waals surface area contributed by atoms with Crippen molar-refractivity contribution in [2.45, 2.75) is 83.4 Å². The van der Waals surface area contributed by atoms with Gasteiger partial charge in [0.15, 0.2) is 0 Å². The normalized spacial score (nSPS) is 22.3. The Labute approximate surface area is 164 Å². The van der Waals surface area contributed by atoms with Gasteiger partial charge in [-0.15, -0.1) is 0 Å². The second kappa shape index (κ2) is 8.74. The molecule has 1 saturated carbocycles. The first-order chi connectivity index (χ1) is 12.5. The Morgan fingerprint density at radius 2 is 1.67 bits per heavy atom. The summed E-state index contributed by atoms with van der Waals surface area (Å²) in [5.74, 6) is 0.486. The average Bonchev–Trinajstić information content (AvgIpc) is 2.61. The molecule has 152 valence electrons. The van der Waals surface area contributed by atoms with E-state index in [9.17, 15) is 13.2 Å². The number of rotatable bonds is 6. The van der Waals surface area contributed by atoms with Gasteiger partial charge in [-0.1, -0.05) is 26.0 Å². The van der Waals surface area contributed by atoms with Crippen LogP contribution in [0.15, 0.2) is 24.3 Å². The predicted molar refractivity (Wildman–Crippen MR) is 111 cm³/mol. The zero-order chi connectivity index (χ0) is 20.2. The summed E-state index contributed by atoms with van der Waals surface area (Å²) in [6.07, 6.45) is 3.89. The molecule has 1 aliphatic carbocycles. The molecule has 0 bridgehead atoms. The van der Waals surface area contributed by atoms with E-state index in [1.54, 1.807) is 20.8 Å². The number of amides is 1. The number of carbonyl (C=O) groups excluding carboxylic acids is 1. The molecule has 2 rings (SSSR count). The Hall–Kier alpha value is -1.40. The molecule has 6 heteroatoms. The third-order valence-electron chi connectivity index (χ3n) is 5.59. The molecule has 0 aromatic heterocycles. The molecule has 1 aliphatic rings. The monoisotopic (exact) mass is 394 g/mol. The van der Waals surface area contributed by atoms with E-state index in [0.29, 0.717) is 31.6 Å². The van der Waals surface area contributed by atoms with E-state index >= 15 is 0 Å². The summed E-state index contributed by atoms with van der Waals surface area (Å²) in [4.78, 5) is 12.5. The Balaban J connectivity index is 1.86. The van der Waals surface area contributed by atoms with E-state index in [1.165, 1.54) is 5.56 Å². The first-order valence-electron chi connectivity index (χ1n) is 9.96. The van der Waals surface area contributed by atoms with E-state index in [4.69, 9.17) is 0 Å².